The summed E-state index contributed by atoms with van der Waals surface area (Å²) in [6, 6.07) is 15.9. The van der Waals surface area contributed by atoms with Gasteiger partial charge < -0.3 is 9.64 Å². The molecule has 0 bridgehead atoms. The van der Waals surface area contributed by atoms with E-state index in [1.807, 2.05) is 36.4 Å². The van der Waals surface area contributed by atoms with Gasteiger partial charge in [0.2, 0.25) is 0 Å². The van der Waals surface area contributed by atoms with Crippen LogP contribution in [0.1, 0.15) is 37.0 Å². The Morgan fingerprint density at radius 1 is 1.09 bits per heavy atom. The van der Waals surface area contributed by atoms with Crippen molar-refractivity contribution in [3.8, 4) is 5.75 Å². The van der Waals surface area contributed by atoms with Crippen LogP contribution in [-0.4, -0.2) is 19.4 Å². The lowest BCUT2D eigenvalue weighted by atomic mass is 10.1. The van der Waals surface area contributed by atoms with Gasteiger partial charge in [0, 0.05) is 12.2 Å². The highest BCUT2D eigenvalue weighted by molar-refractivity contribution is 6.03. The maximum atomic E-state index is 12.1. The first-order valence-electron chi connectivity index (χ1n) is 7.69. The summed E-state index contributed by atoms with van der Waals surface area (Å²) in [6.07, 6.45) is 2.16. The van der Waals surface area contributed by atoms with Gasteiger partial charge in [-0.3, -0.25) is 4.79 Å². The SMILES string of the molecule is CCCCN(c1ccccc1)c1cccc(OC)c1C(C)=O. The van der Waals surface area contributed by atoms with E-state index in [0.717, 1.165) is 30.8 Å². The van der Waals surface area contributed by atoms with E-state index in [1.54, 1.807) is 14.0 Å². The van der Waals surface area contributed by atoms with Gasteiger partial charge >= 0.3 is 0 Å². The number of unbranched alkanes of at least 4 members (excludes halogenated alkanes) is 1. The molecule has 0 heterocycles. The summed E-state index contributed by atoms with van der Waals surface area (Å²) in [4.78, 5) is 14.3. The van der Waals surface area contributed by atoms with Crippen molar-refractivity contribution in [2.75, 3.05) is 18.6 Å². The average molecular weight is 297 g/mol. The molecule has 0 unspecified atom stereocenters. The van der Waals surface area contributed by atoms with E-state index in [0.29, 0.717) is 11.3 Å². The molecular formula is C19H23NO2. The Bertz CT molecular complexity index is 623. The molecular weight excluding hydrogens is 274 g/mol. The van der Waals surface area contributed by atoms with Gasteiger partial charge in [-0.2, -0.15) is 0 Å². The van der Waals surface area contributed by atoms with Crippen LogP contribution in [0.2, 0.25) is 0 Å². The quantitative estimate of drug-likeness (QED) is 0.685. The van der Waals surface area contributed by atoms with Crippen molar-refractivity contribution >= 4 is 17.2 Å². The minimum absolute atomic E-state index is 0.0184. The molecule has 0 amide bonds. The molecule has 2 aromatic carbocycles. The number of Topliss-reactive ketones (excluding diaryl/α,β-unsaturated/α-hetero) is 1. The van der Waals surface area contributed by atoms with E-state index in [2.05, 4.69) is 24.0 Å². The molecule has 3 nitrogen and oxygen atoms in total. The molecule has 0 fully saturated rings. The zero-order chi connectivity index (χ0) is 15.9. The lowest BCUT2D eigenvalue weighted by Gasteiger charge is -2.27. The number of methoxy groups -OCH3 is 1. The largest absolute Gasteiger partial charge is 0.496 e. The molecule has 3 heteroatoms. The predicted molar refractivity (Wildman–Crippen MR) is 91.4 cm³/mol. The molecule has 2 aromatic rings. The molecule has 22 heavy (non-hydrogen) atoms. The number of hydrogen-bond donors (Lipinski definition) is 0. The fourth-order valence-corrected chi connectivity index (χ4v) is 2.58. The van der Waals surface area contributed by atoms with Crippen molar-refractivity contribution in [1.82, 2.24) is 0 Å². The lowest BCUT2D eigenvalue weighted by molar-refractivity contribution is 0.101. The van der Waals surface area contributed by atoms with Gasteiger partial charge in [-0.15, -0.1) is 0 Å². The van der Waals surface area contributed by atoms with Gasteiger partial charge in [-0.1, -0.05) is 37.6 Å². The van der Waals surface area contributed by atoms with Crippen LogP contribution in [-0.2, 0) is 0 Å². The van der Waals surface area contributed by atoms with Crippen LogP contribution in [0.3, 0.4) is 0 Å². The summed E-state index contributed by atoms with van der Waals surface area (Å²) in [5.41, 5.74) is 2.64. The number of para-hydroxylation sites is 1. The number of ketones is 1. The first-order chi connectivity index (χ1) is 10.7. The van der Waals surface area contributed by atoms with Crippen LogP contribution >= 0.6 is 0 Å². The molecule has 116 valence electrons. The summed E-state index contributed by atoms with van der Waals surface area (Å²) >= 11 is 0. The van der Waals surface area contributed by atoms with E-state index in [1.165, 1.54) is 0 Å². The van der Waals surface area contributed by atoms with Gasteiger partial charge in [-0.25, -0.2) is 0 Å². The van der Waals surface area contributed by atoms with Crippen LogP contribution < -0.4 is 9.64 Å². The molecule has 0 aliphatic heterocycles. The van der Waals surface area contributed by atoms with E-state index in [-0.39, 0.29) is 5.78 Å². The second-order valence-electron chi connectivity index (χ2n) is 5.25. The average Bonchev–Trinajstić information content (AvgIpc) is 2.55. The highest BCUT2D eigenvalue weighted by Gasteiger charge is 2.19. The number of benzene rings is 2. The molecule has 2 rings (SSSR count). The van der Waals surface area contributed by atoms with E-state index < -0.39 is 0 Å². The summed E-state index contributed by atoms with van der Waals surface area (Å²) in [6.45, 7) is 4.62. The maximum absolute atomic E-state index is 12.1. The second-order valence-corrected chi connectivity index (χ2v) is 5.25. The molecule has 0 saturated heterocycles. The second kappa shape index (κ2) is 7.64. The smallest absolute Gasteiger partial charge is 0.165 e. The topological polar surface area (TPSA) is 29.5 Å². The molecule has 0 atom stereocenters. The van der Waals surface area contributed by atoms with Gasteiger partial charge in [0.05, 0.1) is 18.4 Å². The number of nitrogens with zero attached hydrogens (tertiary/aromatic N) is 1. The van der Waals surface area contributed by atoms with Crippen LogP contribution in [0.25, 0.3) is 0 Å². The van der Waals surface area contributed by atoms with Crippen LogP contribution in [0.15, 0.2) is 48.5 Å². The fourth-order valence-electron chi connectivity index (χ4n) is 2.58. The summed E-state index contributed by atoms with van der Waals surface area (Å²) < 4.78 is 5.39. The summed E-state index contributed by atoms with van der Waals surface area (Å²) in [7, 11) is 1.60. The molecule has 0 spiro atoms. The third-order valence-electron chi connectivity index (χ3n) is 3.67. The van der Waals surface area contributed by atoms with Gasteiger partial charge in [0.1, 0.15) is 5.75 Å². The van der Waals surface area contributed by atoms with Gasteiger partial charge in [0.25, 0.3) is 0 Å². The third-order valence-corrected chi connectivity index (χ3v) is 3.67. The summed E-state index contributed by atoms with van der Waals surface area (Å²) in [5.74, 6) is 0.646. The van der Waals surface area contributed by atoms with E-state index >= 15 is 0 Å². The minimum atomic E-state index is 0.0184. The Hall–Kier alpha value is -2.29. The van der Waals surface area contributed by atoms with Crippen molar-refractivity contribution in [3.63, 3.8) is 0 Å². The third kappa shape index (κ3) is 3.48. The normalized spacial score (nSPS) is 10.3. The van der Waals surface area contributed by atoms with Crippen molar-refractivity contribution in [2.24, 2.45) is 0 Å². The van der Waals surface area contributed by atoms with Crippen LogP contribution in [0, 0.1) is 0 Å². The van der Waals surface area contributed by atoms with Crippen molar-refractivity contribution < 1.29 is 9.53 Å². The predicted octanol–water partition coefficient (Wildman–Crippen LogP) is 4.84. The Kier molecular flexibility index (Phi) is 5.59. The molecule has 0 saturated carbocycles. The standard InChI is InChI=1S/C19H23NO2/c1-4-5-14-20(16-10-7-6-8-11-16)17-12-9-13-18(22-3)19(17)15(2)21/h6-13H,4-5,14H2,1-3H3. The number of ether oxygens (including phenoxy) is 1. The van der Waals surface area contributed by atoms with Crippen LogP contribution in [0.4, 0.5) is 11.4 Å². The van der Waals surface area contributed by atoms with Gasteiger partial charge in [-0.05, 0) is 37.6 Å². The van der Waals surface area contributed by atoms with Crippen molar-refractivity contribution in [1.29, 1.82) is 0 Å². The maximum Gasteiger partial charge on any atom is 0.165 e. The Morgan fingerprint density at radius 3 is 2.41 bits per heavy atom. The molecule has 0 aliphatic carbocycles. The van der Waals surface area contributed by atoms with Crippen molar-refractivity contribution in [2.45, 2.75) is 26.7 Å². The fraction of sp³-hybridized carbons (Fsp3) is 0.316. The van der Waals surface area contributed by atoms with E-state index in [9.17, 15) is 4.79 Å². The Balaban J connectivity index is 2.54. The Labute approximate surface area is 132 Å². The highest BCUT2D eigenvalue weighted by Crippen LogP contribution is 2.34. The number of anilines is 2. The van der Waals surface area contributed by atoms with Gasteiger partial charge in [0.15, 0.2) is 5.78 Å². The first kappa shape index (κ1) is 16.1. The zero-order valence-electron chi connectivity index (χ0n) is 13.5. The monoisotopic (exact) mass is 297 g/mol. The Morgan fingerprint density at radius 2 is 1.82 bits per heavy atom. The molecule has 0 aliphatic rings. The van der Waals surface area contributed by atoms with E-state index in [4.69, 9.17) is 4.74 Å². The molecule has 0 N–H and O–H groups in total. The number of hydrogen-bond acceptors (Lipinski definition) is 3. The zero-order valence-corrected chi connectivity index (χ0v) is 13.5. The minimum Gasteiger partial charge on any atom is -0.496 e. The van der Waals surface area contributed by atoms with Crippen molar-refractivity contribution in [3.05, 3.63) is 54.1 Å². The van der Waals surface area contributed by atoms with Crippen LogP contribution in [0.5, 0.6) is 5.75 Å². The number of rotatable bonds is 7. The molecule has 0 radical (unpaired) electrons. The first-order valence-corrected chi connectivity index (χ1v) is 7.69. The molecule has 0 aromatic heterocycles. The lowest BCUT2D eigenvalue weighted by Crippen LogP contribution is -2.21. The highest BCUT2D eigenvalue weighted by atomic mass is 16.5. The number of carbonyl (C=O) groups is 1. The number of carbonyl (C=O) groups excluding carboxylic acids is 1. The summed E-state index contributed by atoms with van der Waals surface area (Å²) in [5, 5.41) is 0.